The number of benzene rings is 2. The zero-order chi connectivity index (χ0) is 24.8. The van der Waals surface area contributed by atoms with E-state index in [0.717, 1.165) is 5.39 Å². The Labute approximate surface area is 203 Å². The maximum Gasteiger partial charge on any atom is 0.328 e. The highest BCUT2D eigenvalue weighted by molar-refractivity contribution is 6.39. The summed E-state index contributed by atoms with van der Waals surface area (Å²) in [6, 6.07) is 11.2. The van der Waals surface area contributed by atoms with Crippen LogP contribution in [0.3, 0.4) is 0 Å². The van der Waals surface area contributed by atoms with E-state index in [-0.39, 0.29) is 21.2 Å². The predicted molar refractivity (Wildman–Crippen MR) is 127 cm³/mol. The first-order valence-corrected chi connectivity index (χ1v) is 10.6. The van der Waals surface area contributed by atoms with Crippen molar-refractivity contribution in [3.05, 3.63) is 69.7 Å². The fraction of sp³-hybridized carbons (Fsp3) is 0.136. The molecule has 1 atom stereocenters. The molecule has 34 heavy (non-hydrogen) atoms. The van der Waals surface area contributed by atoms with Crippen molar-refractivity contribution in [1.82, 2.24) is 20.9 Å². The zero-order valence-electron chi connectivity index (χ0n) is 17.5. The van der Waals surface area contributed by atoms with Crippen LogP contribution in [0, 0.1) is 0 Å². The van der Waals surface area contributed by atoms with Gasteiger partial charge in [0, 0.05) is 17.5 Å². The van der Waals surface area contributed by atoms with E-state index in [1.54, 1.807) is 24.3 Å². The van der Waals surface area contributed by atoms with Gasteiger partial charge in [0.1, 0.15) is 11.9 Å². The molecule has 0 bridgehead atoms. The number of nitrogens with one attached hydrogen (secondary N) is 3. The first-order valence-electron chi connectivity index (χ1n) is 9.84. The standard InChI is InChI=1S/C22H19Cl2N5O5/c23-13-2-1-3-14(24)19(13)21(32)29-16(22(33)34)9-26-18(30)10-27-20(31)12-5-4-11-6-7-17(25)28-15(11)8-12/h1-8,16H,9-10H2,(H2,25,28)(H,26,30)(H,27,31)(H,29,32)(H,33,34)/t16-/m0/s1. The van der Waals surface area contributed by atoms with Crippen LogP contribution < -0.4 is 21.7 Å². The second-order valence-corrected chi connectivity index (χ2v) is 7.91. The Bertz CT molecular complexity index is 1260. The Balaban J connectivity index is 1.55. The van der Waals surface area contributed by atoms with Crippen LogP contribution in [0.1, 0.15) is 20.7 Å². The van der Waals surface area contributed by atoms with Crippen LogP contribution in [0.15, 0.2) is 48.5 Å². The number of pyridine rings is 1. The largest absolute Gasteiger partial charge is 0.480 e. The number of rotatable bonds is 8. The molecule has 12 heteroatoms. The lowest BCUT2D eigenvalue weighted by molar-refractivity contribution is -0.139. The summed E-state index contributed by atoms with van der Waals surface area (Å²) >= 11 is 11.9. The van der Waals surface area contributed by atoms with Crippen LogP contribution in [-0.2, 0) is 9.59 Å². The SMILES string of the molecule is Nc1ccc2ccc(C(=O)NCC(=O)NC[C@H](NC(=O)c3c(Cl)cccc3Cl)C(=O)O)cc2n1. The van der Waals surface area contributed by atoms with Gasteiger partial charge in [-0.2, -0.15) is 0 Å². The molecule has 6 N–H and O–H groups in total. The molecular weight excluding hydrogens is 485 g/mol. The number of anilines is 1. The Morgan fingerprint density at radius 1 is 0.971 bits per heavy atom. The normalized spacial score (nSPS) is 11.5. The molecule has 1 aromatic heterocycles. The van der Waals surface area contributed by atoms with Crippen molar-refractivity contribution < 1.29 is 24.3 Å². The molecule has 0 unspecified atom stereocenters. The lowest BCUT2D eigenvalue weighted by Crippen LogP contribution is -2.50. The first-order chi connectivity index (χ1) is 16.2. The van der Waals surface area contributed by atoms with Crippen LogP contribution in [-0.4, -0.2) is 52.9 Å². The minimum atomic E-state index is -1.46. The lowest BCUT2D eigenvalue weighted by atomic mass is 10.1. The number of hydrogen-bond donors (Lipinski definition) is 5. The summed E-state index contributed by atoms with van der Waals surface area (Å²) in [6.07, 6.45) is 0. The third-order valence-corrected chi connectivity index (χ3v) is 5.31. The third-order valence-electron chi connectivity index (χ3n) is 4.68. The van der Waals surface area contributed by atoms with Gasteiger partial charge in [-0.1, -0.05) is 35.3 Å². The van der Waals surface area contributed by atoms with Crippen LogP contribution in [0.4, 0.5) is 5.82 Å². The van der Waals surface area contributed by atoms with Gasteiger partial charge in [-0.05, 0) is 36.4 Å². The number of carbonyl (C=O) groups is 4. The molecule has 0 radical (unpaired) electrons. The minimum Gasteiger partial charge on any atom is -0.480 e. The molecule has 0 aliphatic rings. The zero-order valence-corrected chi connectivity index (χ0v) is 19.0. The molecule has 0 saturated heterocycles. The summed E-state index contributed by atoms with van der Waals surface area (Å²) in [5.41, 5.74) is 6.37. The maximum absolute atomic E-state index is 12.4. The number of hydrogen-bond acceptors (Lipinski definition) is 6. The molecule has 3 amide bonds. The van der Waals surface area contributed by atoms with Crippen LogP contribution in [0.2, 0.25) is 10.0 Å². The third kappa shape index (κ3) is 6.12. The summed E-state index contributed by atoms with van der Waals surface area (Å²) in [6.45, 7) is -0.852. The minimum absolute atomic E-state index is 0.0486. The van der Waals surface area contributed by atoms with Gasteiger partial charge < -0.3 is 26.8 Å². The average molecular weight is 504 g/mol. The summed E-state index contributed by atoms with van der Waals surface area (Å²) in [7, 11) is 0. The van der Waals surface area contributed by atoms with Gasteiger partial charge in [0.05, 0.1) is 27.7 Å². The van der Waals surface area contributed by atoms with Crippen LogP contribution in [0.25, 0.3) is 10.9 Å². The number of amides is 3. The van der Waals surface area contributed by atoms with E-state index in [2.05, 4.69) is 20.9 Å². The van der Waals surface area contributed by atoms with E-state index in [1.165, 1.54) is 24.3 Å². The van der Waals surface area contributed by atoms with E-state index in [9.17, 15) is 24.3 Å². The van der Waals surface area contributed by atoms with Crippen molar-refractivity contribution in [3.63, 3.8) is 0 Å². The molecule has 3 rings (SSSR count). The number of halogens is 2. The highest BCUT2D eigenvalue weighted by Crippen LogP contribution is 2.24. The quantitative estimate of drug-likeness (QED) is 0.313. The Morgan fingerprint density at radius 3 is 2.32 bits per heavy atom. The van der Waals surface area contributed by atoms with E-state index in [0.29, 0.717) is 11.3 Å². The number of nitrogens with zero attached hydrogens (tertiary/aromatic N) is 1. The molecular formula is C22H19Cl2N5O5. The van der Waals surface area contributed by atoms with Crippen LogP contribution >= 0.6 is 23.2 Å². The Hall–Kier alpha value is -3.89. The summed E-state index contributed by atoms with van der Waals surface area (Å²) in [5.74, 6) is -3.08. The second-order valence-electron chi connectivity index (χ2n) is 7.09. The molecule has 3 aromatic rings. The topological polar surface area (TPSA) is 164 Å². The van der Waals surface area contributed by atoms with Gasteiger partial charge in [0.15, 0.2) is 0 Å². The number of aromatic nitrogens is 1. The monoisotopic (exact) mass is 503 g/mol. The Kier molecular flexibility index (Phi) is 7.87. The molecule has 176 valence electrons. The molecule has 0 fully saturated rings. The van der Waals surface area contributed by atoms with Crippen molar-refractivity contribution in [3.8, 4) is 0 Å². The van der Waals surface area contributed by atoms with Crippen molar-refractivity contribution in [2.24, 2.45) is 0 Å². The first kappa shape index (κ1) is 24.7. The van der Waals surface area contributed by atoms with Crippen molar-refractivity contribution in [2.75, 3.05) is 18.8 Å². The number of carboxylic acids is 1. The van der Waals surface area contributed by atoms with Gasteiger partial charge in [-0.3, -0.25) is 14.4 Å². The number of carbonyl (C=O) groups excluding carboxylic acids is 3. The molecule has 2 aromatic carbocycles. The molecule has 0 aliphatic heterocycles. The number of fused-ring (bicyclic) bond motifs is 1. The highest BCUT2D eigenvalue weighted by atomic mass is 35.5. The van der Waals surface area contributed by atoms with E-state index >= 15 is 0 Å². The fourth-order valence-corrected chi connectivity index (χ4v) is 3.53. The smallest absolute Gasteiger partial charge is 0.328 e. The van der Waals surface area contributed by atoms with E-state index < -0.39 is 42.8 Å². The molecule has 0 spiro atoms. The van der Waals surface area contributed by atoms with Gasteiger partial charge >= 0.3 is 5.97 Å². The van der Waals surface area contributed by atoms with E-state index in [1.807, 2.05) is 0 Å². The van der Waals surface area contributed by atoms with Gasteiger partial charge in [0.2, 0.25) is 5.91 Å². The molecule has 1 heterocycles. The second kappa shape index (κ2) is 10.8. The average Bonchev–Trinajstić information content (AvgIpc) is 2.79. The predicted octanol–water partition coefficient (Wildman–Crippen LogP) is 1.85. The van der Waals surface area contributed by atoms with Gasteiger partial charge in [-0.25, -0.2) is 9.78 Å². The fourth-order valence-electron chi connectivity index (χ4n) is 2.96. The van der Waals surface area contributed by atoms with E-state index in [4.69, 9.17) is 28.9 Å². The van der Waals surface area contributed by atoms with Crippen molar-refractivity contribution >= 4 is 63.6 Å². The van der Waals surface area contributed by atoms with Crippen molar-refractivity contribution in [1.29, 1.82) is 0 Å². The van der Waals surface area contributed by atoms with Crippen LogP contribution in [0.5, 0.6) is 0 Å². The van der Waals surface area contributed by atoms with Gasteiger partial charge in [-0.15, -0.1) is 0 Å². The summed E-state index contributed by atoms with van der Waals surface area (Å²) < 4.78 is 0. The number of aliphatic carboxylic acids is 1. The van der Waals surface area contributed by atoms with Gasteiger partial charge in [0.25, 0.3) is 11.8 Å². The number of nitrogens with two attached hydrogens (primary N) is 1. The summed E-state index contributed by atoms with van der Waals surface area (Å²) in [4.78, 5) is 52.6. The lowest BCUT2D eigenvalue weighted by Gasteiger charge is -2.16. The molecule has 10 nitrogen and oxygen atoms in total. The molecule has 0 saturated carbocycles. The molecule has 0 aliphatic carbocycles. The Morgan fingerprint density at radius 2 is 1.65 bits per heavy atom. The van der Waals surface area contributed by atoms with Crippen molar-refractivity contribution in [2.45, 2.75) is 6.04 Å². The maximum atomic E-state index is 12.4. The summed E-state index contributed by atoms with van der Waals surface area (Å²) in [5, 5.41) is 17.3. The highest BCUT2D eigenvalue weighted by Gasteiger charge is 2.24. The number of carboxylic acid groups (broad SMARTS) is 1. The number of nitrogen functional groups attached to an aromatic ring is 1.